The third kappa shape index (κ3) is 4.47. The van der Waals surface area contributed by atoms with Crippen LogP contribution < -0.4 is 5.32 Å². The molecule has 1 saturated carbocycles. The fourth-order valence-electron chi connectivity index (χ4n) is 2.25. The molecule has 2 N–H and O–H groups in total. The van der Waals surface area contributed by atoms with Crippen LogP contribution in [0.4, 0.5) is 4.79 Å². The van der Waals surface area contributed by atoms with Gasteiger partial charge >= 0.3 is 12.1 Å². The zero-order valence-electron chi connectivity index (χ0n) is 13.2. The molecule has 1 unspecified atom stereocenters. The van der Waals surface area contributed by atoms with Crippen molar-refractivity contribution in [3.63, 3.8) is 0 Å². The monoisotopic (exact) mass is 309 g/mol. The highest BCUT2D eigenvalue weighted by atomic mass is 16.6. The van der Waals surface area contributed by atoms with Gasteiger partial charge in [-0.25, -0.2) is 9.59 Å². The van der Waals surface area contributed by atoms with Crippen LogP contribution >= 0.6 is 0 Å². The second kappa shape index (κ2) is 6.37. The Morgan fingerprint density at radius 2 is 2.18 bits per heavy atom. The second-order valence-corrected chi connectivity index (χ2v) is 6.66. The molecule has 22 heavy (non-hydrogen) atoms. The summed E-state index contributed by atoms with van der Waals surface area (Å²) in [5, 5.41) is 15.8. The number of amides is 1. The van der Waals surface area contributed by atoms with E-state index in [0.29, 0.717) is 5.92 Å². The first-order chi connectivity index (χ1) is 10.2. The second-order valence-electron chi connectivity index (χ2n) is 6.66. The van der Waals surface area contributed by atoms with E-state index in [1.807, 2.05) is 6.20 Å². The molecule has 2 rings (SSSR count). The van der Waals surface area contributed by atoms with Gasteiger partial charge in [0, 0.05) is 6.20 Å². The molecule has 122 valence electrons. The van der Waals surface area contributed by atoms with Gasteiger partial charge in [0.25, 0.3) is 0 Å². The lowest BCUT2D eigenvalue weighted by Crippen LogP contribution is -2.45. The highest BCUT2D eigenvalue weighted by Gasteiger charge is 2.26. The normalized spacial score (nSPS) is 16.7. The van der Waals surface area contributed by atoms with E-state index < -0.39 is 23.7 Å². The van der Waals surface area contributed by atoms with E-state index in [2.05, 4.69) is 10.4 Å². The molecule has 1 aromatic rings. The van der Waals surface area contributed by atoms with Crippen LogP contribution in [0.2, 0.25) is 0 Å². The van der Waals surface area contributed by atoms with Gasteiger partial charge in [-0.15, -0.1) is 0 Å². The van der Waals surface area contributed by atoms with Crippen LogP contribution in [0.1, 0.15) is 51.5 Å². The number of nitrogens with one attached hydrogen (secondary N) is 1. The third-order valence-corrected chi connectivity index (χ3v) is 3.59. The average molecular weight is 309 g/mol. The van der Waals surface area contributed by atoms with Gasteiger partial charge in [0.05, 0.1) is 12.7 Å². The van der Waals surface area contributed by atoms with E-state index in [4.69, 9.17) is 4.74 Å². The van der Waals surface area contributed by atoms with Crippen LogP contribution in [0, 0.1) is 0 Å². The van der Waals surface area contributed by atoms with E-state index in [-0.39, 0.29) is 6.54 Å². The predicted molar refractivity (Wildman–Crippen MR) is 79.6 cm³/mol. The van der Waals surface area contributed by atoms with E-state index in [1.54, 1.807) is 31.6 Å². The molecule has 0 aromatic carbocycles. The number of carboxylic acids is 1. The van der Waals surface area contributed by atoms with Crippen molar-refractivity contribution in [2.24, 2.45) is 0 Å². The van der Waals surface area contributed by atoms with Crippen molar-refractivity contribution in [1.82, 2.24) is 15.1 Å². The lowest BCUT2D eigenvalue weighted by atomic mass is 9.81. The number of aliphatic carboxylic acids is 1. The standard InChI is InChI=1S/C15H23N3O4/c1-15(2,3)22-14(21)17-12(13(19)20)9-18-8-11(7-16-18)10-5-4-6-10/h7-8,10,12H,4-6,9H2,1-3H3,(H,17,21)(H,19,20). The summed E-state index contributed by atoms with van der Waals surface area (Å²) in [5.74, 6) is -0.581. The van der Waals surface area contributed by atoms with Crippen LogP contribution in [0.3, 0.4) is 0 Å². The first kappa shape index (κ1) is 16.3. The number of nitrogens with zero attached hydrogens (tertiary/aromatic N) is 2. The maximum absolute atomic E-state index is 11.7. The summed E-state index contributed by atoms with van der Waals surface area (Å²) >= 11 is 0. The molecule has 0 spiro atoms. The Kier molecular flexibility index (Phi) is 4.73. The van der Waals surface area contributed by atoms with Crippen LogP contribution in [0.5, 0.6) is 0 Å². The van der Waals surface area contributed by atoms with Gasteiger partial charge in [-0.3, -0.25) is 4.68 Å². The molecule has 1 atom stereocenters. The zero-order valence-corrected chi connectivity index (χ0v) is 13.2. The number of carbonyl (C=O) groups excluding carboxylic acids is 1. The van der Waals surface area contributed by atoms with Crippen LogP contribution in [0.25, 0.3) is 0 Å². The summed E-state index contributed by atoms with van der Waals surface area (Å²) in [6, 6.07) is -1.08. The van der Waals surface area contributed by atoms with Gasteiger partial charge in [-0.05, 0) is 45.1 Å². The number of rotatable bonds is 5. The molecule has 0 bridgehead atoms. The Balaban J connectivity index is 1.95. The van der Waals surface area contributed by atoms with Crippen molar-refractivity contribution in [3.8, 4) is 0 Å². The fraction of sp³-hybridized carbons (Fsp3) is 0.667. The van der Waals surface area contributed by atoms with Gasteiger partial charge in [0.2, 0.25) is 0 Å². The fourth-order valence-corrected chi connectivity index (χ4v) is 2.25. The molecule has 1 aliphatic rings. The molecular formula is C15H23N3O4. The predicted octanol–water partition coefficient (Wildman–Crippen LogP) is 2.13. The maximum Gasteiger partial charge on any atom is 0.408 e. The Morgan fingerprint density at radius 1 is 1.50 bits per heavy atom. The smallest absolute Gasteiger partial charge is 0.408 e. The summed E-state index contributed by atoms with van der Waals surface area (Å²) < 4.78 is 6.64. The van der Waals surface area contributed by atoms with Gasteiger partial charge in [-0.2, -0.15) is 5.10 Å². The molecule has 0 saturated heterocycles. The SMILES string of the molecule is CC(C)(C)OC(=O)NC(Cn1cc(C2CCC2)cn1)C(=O)O. The summed E-state index contributed by atoms with van der Waals surface area (Å²) in [5.41, 5.74) is 0.462. The first-order valence-corrected chi connectivity index (χ1v) is 7.49. The number of hydrogen-bond acceptors (Lipinski definition) is 4. The molecule has 7 nitrogen and oxygen atoms in total. The zero-order chi connectivity index (χ0) is 16.3. The summed E-state index contributed by atoms with van der Waals surface area (Å²) in [6.45, 7) is 5.24. The Morgan fingerprint density at radius 3 is 2.68 bits per heavy atom. The van der Waals surface area contributed by atoms with E-state index in [0.717, 1.165) is 18.4 Å². The van der Waals surface area contributed by atoms with Gasteiger partial charge in [-0.1, -0.05) is 6.42 Å². The highest BCUT2D eigenvalue weighted by molar-refractivity contribution is 5.79. The third-order valence-electron chi connectivity index (χ3n) is 3.59. The van der Waals surface area contributed by atoms with Crippen molar-refractivity contribution >= 4 is 12.1 Å². The summed E-state index contributed by atoms with van der Waals surface area (Å²) in [4.78, 5) is 23.0. The summed E-state index contributed by atoms with van der Waals surface area (Å²) in [7, 11) is 0. The van der Waals surface area contributed by atoms with Crippen molar-refractivity contribution in [3.05, 3.63) is 18.0 Å². The van der Waals surface area contributed by atoms with Crippen molar-refractivity contribution in [2.75, 3.05) is 0 Å². The van der Waals surface area contributed by atoms with Crippen LogP contribution in [0.15, 0.2) is 12.4 Å². The molecule has 1 amide bonds. The maximum atomic E-state index is 11.7. The molecule has 1 fully saturated rings. The number of hydrogen-bond donors (Lipinski definition) is 2. The molecule has 0 radical (unpaired) electrons. The van der Waals surface area contributed by atoms with Crippen LogP contribution in [-0.4, -0.2) is 38.6 Å². The molecule has 7 heteroatoms. The Hall–Kier alpha value is -2.05. The van der Waals surface area contributed by atoms with E-state index in [9.17, 15) is 14.7 Å². The highest BCUT2D eigenvalue weighted by Crippen LogP contribution is 2.35. The van der Waals surface area contributed by atoms with Crippen molar-refractivity contribution < 1.29 is 19.4 Å². The number of carbonyl (C=O) groups is 2. The van der Waals surface area contributed by atoms with Crippen LogP contribution in [-0.2, 0) is 16.1 Å². The van der Waals surface area contributed by atoms with Gasteiger partial charge in [0.1, 0.15) is 11.6 Å². The lowest BCUT2D eigenvalue weighted by Gasteiger charge is -2.23. The van der Waals surface area contributed by atoms with Crippen molar-refractivity contribution in [1.29, 1.82) is 0 Å². The minimum atomic E-state index is -1.12. The molecule has 1 aliphatic carbocycles. The molecule has 0 aliphatic heterocycles. The quantitative estimate of drug-likeness (QED) is 0.869. The average Bonchev–Trinajstić information content (AvgIpc) is 2.71. The Labute approximate surface area is 129 Å². The molecular weight excluding hydrogens is 286 g/mol. The Bertz CT molecular complexity index is 543. The summed E-state index contributed by atoms with van der Waals surface area (Å²) in [6.07, 6.45) is 6.43. The minimum absolute atomic E-state index is 0.0707. The minimum Gasteiger partial charge on any atom is -0.480 e. The number of ether oxygens (including phenoxy) is 1. The largest absolute Gasteiger partial charge is 0.480 e. The lowest BCUT2D eigenvalue weighted by molar-refractivity contribution is -0.139. The van der Waals surface area contributed by atoms with E-state index >= 15 is 0 Å². The number of aromatic nitrogens is 2. The molecule has 1 aromatic heterocycles. The van der Waals surface area contributed by atoms with Gasteiger partial charge in [0.15, 0.2) is 0 Å². The van der Waals surface area contributed by atoms with Crippen molar-refractivity contribution in [2.45, 2.75) is 64.1 Å². The van der Waals surface area contributed by atoms with Gasteiger partial charge < -0.3 is 15.2 Å². The number of alkyl carbamates (subject to hydrolysis) is 1. The first-order valence-electron chi connectivity index (χ1n) is 7.49. The topological polar surface area (TPSA) is 93.5 Å². The number of carboxylic acid groups (broad SMARTS) is 1. The van der Waals surface area contributed by atoms with E-state index in [1.165, 1.54) is 6.42 Å². The molecule has 1 heterocycles.